The van der Waals surface area contributed by atoms with Crippen molar-refractivity contribution in [1.82, 2.24) is 18.9 Å². The van der Waals surface area contributed by atoms with Crippen molar-refractivity contribution in [3.8, 4) is 28.2 Å². The Balaban J connectivity index is 1.32. The third-order valence-corrected chi connectivity index (χ3v) is 11.0. The Kier molecular flexibility index (Phi) is 5.47. The molecule has 0 atom stereocenters. The van der Waals surface area contributed by atoms with Gasteiger partial charge in [-0.3, -0.25) is 4.57 Å². The van der Waals surface area contributed by atoms with Crippen molar-refractivity contribution in [2.75, 3.05) is 0 Å². The molecule has 12 aromatic rings. The van der Waals surface area contributed by atoms with Gasteiger partial charge in [-0.1, -0.05) is 146 Å². The van der Waals surface area contributed by atoms with Crippen LogP contribution < -0.4 is 0 Å². The SMILES string of the molecule is c1ccc(-c2nc3ccc4ccccc4c3nc2-n2c3cccc4c5cccc6c7cccc(-c8ccccc8)c7n(c7cccc2c7c43)c56)cc1. The molecule has 0 N–H and O–H groups in total. The monoisotopic (exact) mass is 660 g/mol. The second kappa shape index (κ2) is 10.3. The molecule has 0 radical (unpaired) electrons. The van der Waals surface area contributed by atoms with Crippen LogP contribution in [0.3, 0.4) is 0 Å². The van der Waals surface area contributed by atoms with Gasteiger partial charge in [0, 0.05) is 43.4 Å². The Morgan fingerprint density at radius 3 is 1.81 bits per heavy atom. The van der Waals surface area contributed by atoms with E-state index in [1.807, 2.05) is 0 Å². The van der Waals surface area contributed by atoms with Gasteiger partial charge < -0.3 is 4.40 Å². The normalized spacial score (nSPS) is 12.2. The first-order valence-corrected chi connectivity index (χ1v) is 17.8. The predicted octanol–water partition coefficient (Wildman–Crippen LogP) is 12.4. The van der Waals surface area contributed by atoms with E-state index in [0.29, 0.717) is 0 Å². The summed E-state index contributed by atoms with van der Waals surface area (Å²) in [7, 11) is 0. The molecule has 4 heterocycles. The molecular formula is C48H28N4. The number of rotatable bonds is 3. The molecule has 12 rings (SSSR count). The summed E-state index contributed by atoms with van der Waals surface area (Å²) in [5, 5.41) is 9.66. The van der Waals surface area contributed by atoms with Crippen LogP contribution >= 0.6 is 0 Å². The second-order valence-electron chi connectivity index (χ2n) is 13.7. The van der Waals surface area contributed by atoms with Crippen LogP contribution in [0.25, 0.3) is 110 Å². The van der Waals surface area contributed by atoms with Crippen LogP contribution in [0, 0.1) is 0 Å². The summed E-state index contributed by atoms with van der Waals surface area (Å²) in [6.45, 7) is 0. The maximum absolute atomic E-state index is 5.60. The van der Waals surface area contributed by atoms with Crippen molar-refractivity contribution in [1.29, 1.82) is 0 Å². The first kappa shape index (κ1) is 27.7. The molecule has 240 valence electrons. The van der Waals surface area contributed by atoms with E-state index in [2.05, 4.69) is 179 Å². The zero-order chi connectivity index (χ0) is 33.9. The van der Waals surface area contributed by atoms with Gasteiger partial charge in [-0.05, 0) is 40.6 Å². The molecule has 4 nitrogen and oxygen atoms in total. The molecule has 0 saturated carbocycles. The van der Waals surface area contributed by atoms with E-state index in [1.54, 1.807) is 0 Å². The van der Waals surface area contributed by atoms with Crippen molar-refractivity contribution in [3.63, 3.8) is 0 Å². The minimum Gasteiger partial charge on any atom is -0.307 e. The summed E-state index contributed by atoms with van der Waals surface area (Å²) in [4.78, 5) is 11.0. The molecule has 0 fully saturated rings. The summed E-state index contributed by atoms with van der Waals surface area (Å²) in [6, 6.07) is 61.0. The molecule has 0 saturated heterocycles. The molecule has 4 aromatic heterocycles. The number of aromatic nitrogens is 4. The Hall–Kier alpha value is -7.04. The number of fused-ring (bicyclic) bond motifs is 8. The smallest absolute Gasteiger partial charge is 0.165 e. The lowest BCUT2D eigenvalue weighted by Gasteiger charge is -2.15. The Morgan fingerprint density at radius 1 is 0.385 bits per heavy atom. The molecule has 0 aliphatic rings. The van der Waals surface area contributed by atoms with Crippen molar-refractivity contribution in [2.45, 2.75) is 0 Å². The molecule has 0 amide bonds. The Bertz CT molecular complexity index is 3390. The quantitative estimate of drug-likeness (QED) is 0.177. The lowest BCUT2D eigenvalue weighted by Crippen LogP contribution is -2.04. The maximum atomic E-state index is 5.60. The van der Waals surface area contributed by atoms with E-state index in [9.17, 15) is 0 Å². The fourth-order valence-corrected chi connectivity index (χ4v) is 8.88. The maximum Gasteiger partial charge on any atom is 0.165 e. The average Bonchev–Trinajstić information content (AvgIpc) is 3.70. The molecule has 52 heavy (non-hydrogen) atoms. The molecule has 0 aliphatic carbocycles. The standard InChI is InChI=1S/C48H28N4/c1-3-13-29(14-4-1)33-19-9-22-36-37-23-10-21-35-34-20-11-24-39-42(34)43-40(25-12-26-41(43)52(46(33)36)47(35)37)51(39)48-44(31-16-5-2-6-17-31)49-38-28-27-30-15-7-8-18-32(30)45(38)50-48/h1-28H. The highest BCUT2D eigenvalue weighted by Gasteiger charge is 2.25. The number of hydrogen-bond donors (Lipinski definition) is 0. The van der Waals surface area contributed by atoms with E-state index >= 15 is 0 Å². The largest absolute Gasteiger partial charge is 0.307 e. The van der Waals surface area contributed by atoms with Gasteiger partial charge in [0.05, 0.1) is 38.6 Å². The van der Waals surface area contributed by atoms with Crippen molar-refractivity contribution in [2.24, 2.45) is 0 Å². The third-order valence-electron chi connectivity index (χ3n) is 11.0. The number of benzene rings is 8. The van der Waals surface area contributed by atoms with Crippen molar-refractivity contribution >= 4 is 81.7 Å². The minimum atomic E-state index is 0.825. The van der Waals surface area contributed by atoms with Gasteiger partial charge in [0.1, 0.15) is 5.69 Å². The molecule has 0 bridgehead atoms. The summed E-state index contributed by atoms with van der Waals surface area (Å²) in [6.07, 6.45) is 0. The second-order valence-corrected chi connectivity index (χ2v) is 13.7. The fraction of sp³-hybridized carbons (Fsp3) is 0. The number of hydrogen-bond acceptors (Lipinski definition) is 2. The zero-order valence-corrected chi connectivity index (χ0v) is 28.0. The average molecular weight is 661 g/mol. The number of nitrogens with zero attached hydrogens (tertiary/aromatic N) is 4. The molecule has 0 aliphatic heterocycles. The first-order valence-electron chi connectivity index (χ1n) is 17.8. The van der Waals surface area contributed by atoms with Gasteiger partial charge in [-0.15, -0.1) is 0 Å². The molecule has 4 heteroatoms. The highest BCUT2D eigenvalue weighted by molar-refractivity contribution is 6.32. The van der Waals surface area contributed by atoms with Gasteiger partial charge >= 0.3 is 0 Å². The van der Waals surface area contributed by atoms with Crippen LogP contribution in [0.2, 0.25) is 0 Å². The molecule has 0 spiro atoms. The summed E-state index contributed by atoms with van der Waals surface area (Å²) in [5.74, 6) is 0.825. The van der Waals surface area contributed by atoms with E-state index in [4.69, 9.17) is 9.97 Å². The summed E-state index contributed by atoms with van der Waals surface area (Å²) in [5.41, 5.74) is 11.9. The predicted molar refractivity (Wildman–Crippen MR) is 217 cm³/mol. The Labute approximate surface area is 297 Å². The van der Waals surface area contributed by atoms with Gasteiger partial charge in [0.2, 0.25) is 0 Å². The highest BCUT2D eigenvalue weighted by atomic mass is 15.1. The molecular weight excluding hydrogens is 633 g/mol. The summed E-state index contributed by atoms with van der Waals surface area (Å²) >= 11 is 0. The van der Waals surface area contributed by atoms with Gasteiger partial charge in [-0.2, -0.15) is 0 Å². The zero-order valence-electron chi connectivity index (χ0n) is 28.0. The van der Waals surface area contributed by atoms with Crippen LogP contribution in [-0.4, -0.2) is 18.9 Å². The van der Waals surface area contributed by atoms with Gasteiger partial charge in [0.25, 0.3) is 0 Å². The van der Waals surface area contributed by atoms with Crippen molar-refractivity contribution < 1.29 is 0 Å². The first-order chi connectivity index (χ1) is 25.8. The van der Waals surface area contributed by atoms with Crippen LogP contribution in [-0.2, 0) is 0 Å². The van der Waals surface area contributed by atoms with E-state index in [0.717, 1.165) is 49.9 Å². The number of para-hydroxylation sites is 2. The van der Waals surface area contributed by atoms with E-state index < -0.39 is 0 Å². The lowest BCUT2D eigenvalue weighted by atomic mass is 10.0. The molecule has 8 aromatic carbocycles. The van der Waals surface area contributed by atoms with Crippen molar-refractivity contribution in [3.05, 3.63) is 170 Å². The van der Waals surface area contributed by atoms with Crippen LogP contribution in [0.5, 0.6) is 0 Å². The van der Waals surface area contributed by atoms with Gasteiger partial charge in [0.15, 0.2) is 5.82 Å². The highest BCUT2D eigenvalue weighted by Crippen LogP contribution is 2.46. The van der Waals surface area contributed by atoms with Crippen LogP contribution in [0.1, 0.15) is 0 Å². The van der Waals surface area contributed by atoms with Crippen LogP contribution in [0.15, 0.2) is 170 Å². The van der Waals surface area contributed by atoms with Gasteiger partial charge in [-0.25, -0.2) is 9.97 Å². The van der Waals surface area contributed by atoms with Crippen LogP contribution in [0.4, 0.5) is 0 Å². The van der Waals surface area contributed by atoms with E-state index in [-0.39, 0.29) is 0 Å². The lowest BCUT2D eigenvalue weighted by molar-refractivity contribution is 1.08. The van der Waals surface area contributed by atoms with E-state index in [1.165, 1.54) is 60.0 Å². The molecule has 0 unspecified atom stereocenters. The fourth-order valence-electron chi connectivity index (χ4n) is 8.88. The third kappa shape index (κ3) is 3.60. The summed E-state index contributed by atoms with van der Waals surface area (Å²) < 4.78 is 4.90. The Morgan fingerprint density at radius 2 is 0.981 bits per heavy atom. The topological polar surface area (TPSA) is 35.1 Å². The minimum absolute atomic E-state index is 0.825.